The van der Waals surface area contributed by atoms with Crippen molar-refractivity contribution in [3.05, 3.63) is 0 Å². The number of nitrogens with zero attached hydrogens (tertiary/aromatic N) is 1. The van der Waals surface area contributed by atoms with Gasteiger partial charge in [-0.3, -0.25) is 0 Å². The number of piperidine rings is 2. The second-order valence-electron chi connectivity index (χ2n) is 6.27. The van der Waals surface area contributed by atoms with E-state index in [1.807, 2.05) is 32.7 Å². The Morgan fingerprint density at radius 2 is 2.06 bits per heavy atom. The van der Waals surface area contributed by atoms with Crippen molar-refractivity contribution in [3.63, 3.8) is 0 Å². The fourth-order valence-electron chi connectivity index (χ4n) is 3.03. The minimum Gasteiger partial charge on any atom is -0.444 e. The lowest BCUT2D eigenvalue weighted by Gasteiger charge is -2.49. The molecule has 1 N–H and O–H groups in total. The fraction of sp³-hybridized carbons (Fsp3) is 0.923. The first-order chi connectivity index (χ1) is 7.90. The van der Waals surface area contributed by atoms with Crippen LogP contribution in [0.25, 0.3) is 0 Å². The van der Waals surface area contributed by atoms with Gasteiger partial charge in [0.2, 0.25) is 0 Å². The van der Waals surface area contributed by atoms with Crippen molar-refractivity contribution < 1.29 is 9.53 Å². The molecule has 4 nitrogen and oxygen atoms in total. The summed E-state index contributed by atoms with van der Waals surface area (Å²) in [5, 5.41) is 3.33. The lowest BCUT2D eigenvalue weighted by atomic mass is 9.77. The molecule has 98 valence electrons. The third-order valence-electron chi connectivity index (χ3n) is 3.78. The molecule has 2 saturated heterocycles. The van der Waals surface area contributed by atoms with Gasteiger partial charge in [-0.2, -0.15) is 0 Å². The number of nitrogens with one attached hydrogen (secondary N) is 1. The summed E-state index contributed by atoms with van der Waals surface area (Å²) < 4.78 is 5.48. The Hall–Kier alpha value is -0.770. The van der Waals surface area contributed by atoms with E-state index >= 15 is 0 Å². The molecule has 0 aromatic heterocycles. The van der Waals surface area contributed by atoms with E-state index in [0.717, 1.165) is 13.0 Å². The Morgan fingerprint density at radius 3 is 2.59 bits per heavy atom. The van der Waals surface area contributed by atoms with Crippen molar-refractivity contribution in [1.29, 1.82) is 0 Å². The van der Waals surface area contributed by atoms with E-state index in [4.69, 9.17) is 4.74 Å². The zero-order valence-electron chi connectivity index (χ0n) is 11.3. The summed E-state index contributed by atoms with van der Waals surface area (Å²) in [5.74, 6) is 0.643. The van der Waals surface area contributed by atoms with Gasteiger partial charge in [-0.05, 0) is 53.0 Å². The number of carbonyl (C=O) groups excluding carboxylic acids is 1. The molecule has 2 bridgehead atoms. The fourth-order valence-corrected chi connectivity index (χ4v) is 3.03. The maximum atomic E-state index is 12.1. The SMILES string of the molecule is CNC1CC2CCC1N(C(=O)OC(C)(C)C)C2. The maximum absolute atomic E-state index is 12.1. The average Bonchev–Trinajstić information content (AvgIpc) is 2.27. The predicted molar refractivity (Wildman–Crippen MR) is 66.9 cm³/mol. The number of carbonyl (C=O) groups is 1. The zero-order chi connectivity index (χ0) is 12.6. The first-order valence-electron chi connectivity index (χ1n) is 6.57. The molecule has 3 fully saturated rings. The molecule has 0 spiro atoms. The Balaban J connectivity index is 2.04. The summed E-state index contributed by atoms with van der Waals surface area (Å²) in [7, 11) is 1.98. The van der Waals surface area contributed by atoms with Crippen LogP contribution < -0.4 is 5.32 Å². The smallest absolute Gasteiger partial charge is 0.410 e. The molecule has 3 unspecified atom stereocenters. The molecule has 3 aliphatic rings. The van der Waals surface area contributed by atoms with Gasteiger partial charge in [0.25, 0.3) is 0 Å². The standard InChI is InChI=1S/C13H24N2O2/c1-13(2,3)17-12(16)15-8-9-5-6-11(15)10(7-9)14-4/h9-11,14H,5-8H2,1-4H3. The number of hydrogen-bond acceptors (Lipinski definition) is 3. The normalized spacial score (nSPS) is 32.7. The quantitative estimate of drug-likeness (QED) is 0.762. The van der Waals surface area contributed by atoms with E-state index < -0.39 is 5.60 Å². The second kappa shape index (κ2) is 4.48. The van der Waals surface area contributed by atoms with Gasteiger partial charge in [0, 0.05) is 12.6 Å². The maximum Gasteiger partial charge on any atom is 0.410 e. The molecule has 3 atom stereocenters. The molecular weight excluding hydrogens is 216 g/mol. The van der Waals surface area contributed by atoms with Crippen LogP contribution in [0.2, 0.25) is 0 Å². The minimum atomic E-state index is -0.400. The van der Waals surface area contributed by atoms with Crippen LogP contribution in [0.15, 0.2) is 0 Å². The van der Waals surface area contributed by atoms with Crippen LogP contribution in [0.4, 0.5) is 4.79 Å². The van der Waals surface area contributed by atoms with Crippen molar-refractivity contribution in [3.8, 4) is 0 Å². The van der Waals surface area contributed by atoms with E-state index in [1.54, 1.807) is 0 Å². The molecular formula is C13H24N2O2. The van der Waals surface area contributed by atoms with Crippen LogP contribution in [0.3, 0.4) is 0 Å². The molecule has 2 aliphatic heterocycles. The predicted octanol–water partition coefficient (Wildman–Crippen LogP) is 1.99. The van der Waals surface area contributed by atoms with Gasteiger partial charge in [0.1, 0.15) is 5.60 Å². The number of fused-ring (bicyclic) bond motifs is 3. The largest absolute Gasteiger partial charge is 0.444 e. The minimum absolute atomic E-state index is 0.146. The summed E-state index contributed by atoms with van der Waals surface area (Å²) in [6, 6.07) is 0.759. The van der Waals surface area contributed by atoms with Crippen molar-refractivity contribution >= 4 is 6.09 Å². The summed E-state index contributed by atoms with van der Waals surface area (Å²) >= 11 is 0. The lowest BCUT2D eigenvalue weighted by molar-refractivity contribution is -0.0219. The van der Waals surface area contributed by atoms with Crippen molar-refractivity contribution in [2.24, 2.45) is 5.92 Å². The Morgan fingerprint density at radius 1 is 1.35 bits per heavy atom. The molecule has 1 aliphatic carbocycles. The van der Waals surface area contributed by atoms with E-state index in [-0.39, 0.29) is 6.09 Å². The molecule has 3 rings (SSSR count). The number of amides is 1. The number of likely N-dealkylation sites (N-methyl/N-ethyl adjacent to an activating group) is 1. The van der Waals surface area contributed by atoms with Crippen LogP contribution >= 0.6 is 0 Å². The lowest BCUT2D eigenvalue weighted by Crippen LogP contribution is -2.61. The topological polar surface area (TPSA) is 41.6 Å². The van der Waals surface area contributed by atoms with Gasteiger partial charge in [0.05, 0.1) is 6.04 Å². The van der Waals surface area contributed by atoms with Gasteiger partial charge in [-0.1, -0.05) is 0 Å². The van der Waals surface area contributed by atoms with Crippen molar-refractivity contribution in [1.82, 2.24) is 10.2 Å². The van der Waals surface area contributed by atoms with E-state index in [2.05, 4.69) is 5.32 Å². The molecule has 0 aromatic rings. The highest BCUT2D eigenvalue weighted by molar-refractivity contribution is 5.69. The summed E-state index contributed by atoms with van der Waals surface area (Å²) in [4.78, 5) is 14.1. The Bertz CT molecular complexity index is 298. The number of ether oxygens (including phenoxy) is 1. The number of rotatable bonds is 1. The number of hydrogen-bond donors (Lipinski definition) is 1. The summed E-state index contributed by atoms with van der Waals surface area (Å²) in [6.07, 6.45) is 3.41. The van der Waals surface area contributed by atoms with E-state index in [0.29, 0.717) is 18.0 Å². The van der Waals surface area contributed by atoms with Crippen molar-refractivity contribution in [2.75, 3.05) is 13.6 Å². The molecule has 0 radical (unpaired) electrons. The van der Waals surface area contributed by atoms with Crippen LogP contribution in [0.1, 0.15) is 40.0 Å². The van der Waals surface area contributed by atoms with E-state index in [1.165, 1.54) is 12.8 Å². The van der Waals surface area contributed by atoms with Crippen LogP contribution in [-0.2, 0) is 4.74 Å². The van der Waals surface area contributed by atoms with Gasteiger partial charge in [-0.15, -0.1) is 0 Å². The highest BCUT2D eigenvalue weighted by atomic mass is 16.6. The molecule has 1 amide bonds. The monoisotopic (exact) mass is 240 g/mol. The van der Waals surface area contributed by atoms with Crippen LogP contribution in [0, 0.1) is 5.92 Å². The first-order valence-corrected chi connectivity index (χ1v) is 6.57. The molecule has 17 heavy (non-hydrogen) atoms. The van der Waals surface area contributed by atoms with Gasteiger partial charge >= 0.3 is 6.09 Å². The molecule has 1 saturated carbocycles. The first kappa shape index (κ1) is 12.7. The molecule has 4 heteroatoms. The molecule has 2 heterocycles. The summed E-state index contributed by atoms with van der Waals surface area (Å²) in [6.45, 7) is 6.63. The highest BCUT2D eigenvalue weighted by Gasteiger charge is 2.43. The molecule has 0 aromatic carbocycles. The third-order valence-corrected chi connectivity index (χ3v) is 3.78. The highest BCUT2D eigenvalue weighted by Crippen LogP contribution is 2.35. The zero-order valence-corrected chi connectivity index (χ0v) is 11.3. The Kier molecular flexibility index (Phi) is 3.34. The average molecular weight is 240 g/mol. The van der Waals surface area contributed by atoms with Crippen LogP contribution in [0.5, 0.6) is 0 Å². The second-order valence-corrected chi connectivity index (χ2v) is 6.27. The van der Waals surface area contributed by atoms with E-state index in [9.17, 15) is 4.79 Å². The van der Waals surface area contributed by atoms with Gasteiger partial charge in [-0.25, -0.2) is 4.79 Å². The third kappa shape index (κ3) is 2.73. The van der Waals surface area contributed by atoms with Gasteiger partial charge < -0.3 is 15.0 Å². The van der Waals surface area contributed by atoms with Crippen molar-refractivity contribution in [2.45, 2.75) is 57.7 Å². The van der Waals surface area contributed by atoms with Gasteiger partial charge in [0.15, 0.2) is 0 Å². The summed E-state index contributed by atoms with van der Waals surface area (Å²) in [5.41, 5.74) is -0.400. The Labute approximate surface area is 104 Å². The van der Waals surface area contributed by atoms with Crippen LogP contribution in [-0.4, -0.2) is 42.3 Å².